The van der Waals surface area contributed by atoms with Crippen LogP contribution in [0.5, 0.6) is 0 Å². The lowest BCUT2D eigenvalue weighted by atomic mass is 9.97. The highest BCUT2D eigenvalue weighted by Crippen LogP contribution is 2.34. The molecule has 0 aromatic heterocycles. The van der Waals surface area contributed by atoms with Crippen LogP contribution < -0.4 is 5.32 Å². The van der Waals surface area contributed by atoms with Crippen molar-refractivity contribution < 1.29 is 13.2 Å². The van der Waals surface area contributed by atoms with E-state index in [-0.39, 0.29) is 18.4 Å². The highest BCUT2D eigenvalue weighted by Gasteiger charge is 2.33. The molecule has 0 saturated heterocycles. The fourth-order valence-corrected chi connectivity index (χ4v) is 1.59. The fraction of sp³-hybridized carbons (Fsp3) is 0.455. The third kappa shape index (κ3) is 3.12. The molecule has 1 nitrogen and oxygen atoms in total. The molecule has 1 unspecified atom stereocenters. The van der Waals surface area contributed by atoms with Crippen molar-refractivity contribution in [2.75, 3.05) is 7.05 Å². The maximum absolute atomic E-state index is 12.6. The van der Waals surface area contributed by atoms with Gasteiger partial charge in [0.15, 0.2) is 0 Å². The SMILES string of the molecule is CNC(C)c1cccc(C(F)(F)F)c1C.Cl. The number of hydrogen-bond donors (Lipinski definition) is 1. The molecule has 1 N–H and O–H groups in total. The maximum Gasteiger partial charge on any atom is 0.416 e. The van der Waals surface area contributed by atoms with E-state index in [0.29, 0.717) is 11.1 Å². The molecule has 0 aliphatic carbocycles. The quantitative estimate of drug-likeness (QED) is 0.847. The molecule has 1 rings (SSSR count). The van der Waals surface area contributed by atoms with Crippen molar-refractivity contribution in [1.29, 1.82) is 0 Å². The van der Waals surface area contributed by atoms with E-state index in [9.17, 15) is 13.2 Å². The van der Waals surface area contributed by atoms with Crippen LogP contribution in [0.1, 0.15) is 29.7 Å². The average Bonchev–Trinajstić information content (AvgIpc) is 2.15. The lowest BCUT2D eigenvalue weighted by Crippen LogP contribution is -2.16. The molecule has 0 spiro atoms. The number of benzene rings is 1. The van der Waals surface area contributed by atoms with Gasteiger partial charge in [-0.25, -0.2) is 0 Å². The summed E-state index contributed by atoms with van der Waals surface area (Å²) in [5.74, 6) is 0. The average molecular weight is 254 g/mol. The van der Waals surface area contributed by atoms with E-state index in [1.807, 2.05) is 6.92 Å². The van der Waals surface area contributed by atoms with Crippen LogP contribution in [0.2, 0.25) is 0 Å². The summed E-state index contributed by atoms with van der Waals surface area (Å²) in [4.78, 5) is 0. The minimum Gasteiger partial charge on any atom is -0.313 e. The third-order valence-corrected chi connectivity index (χ3v) is 2.58. The van der Waals surface area contributed by atoms with Crippen molar-refractivity contribution in [2.45, 2.75) is 26.1 Å². The summed E-state index contributed by atoms with van der Waals surface area (Å²) in [6, 6.07) is 4.19. The first-order valence-electron chi connectivity index (χ1n) is 4.72. The van der Waals surface area contributed by atoms with Crippen LogP contribution >= 0.6 is 12.4 Å². The van der Waals surface area contributed by atoms with Gasteiger partial charge in [0.05, 0.1) is 5.56 Å². The number of nitrogens with one attached hydrogen (secondary N) is 1. The highest BCUT2D eigenvalue weighted by molar-refractivity contribution is 5.85. The van der Waals surface area contributed by atoms with Gasteiger partial charge < -0.3 is 5.32 Å². The molecule has 0 aliphatic heterocycles. The zero-order valence-electron chi connectivity index (χ0n) is 9.35. The summed E-state index contributed by atoms with van der Waals surface area (Å²) in [7, 11) is 1.73. The first kappa shape index (κ1) is 15.3. The smallest absolute Gasteiger partial charge is 0.313 e. The Morgan fingerprint density at radius 3 is 2.25 bits per heavy atom. The Morgan fingerprint density at radius 1 is 1.25 bits per heavy atom. The first-order chi connectivity index (χ1) is 6.88. The summed E-state index contributed by atoms with van der Waals surface area (Å²) >= 11 is 0. The predicted octanol–water partition coefficient (Wildman–Crippen LogP) is 3.72. The van der Waals surface area contributed by atoms with Gasteiger partial charge in [-0.05, 0) is 38.1 Å². The molecule has 0 saturated carbocycles. The normalized spacial score (nSPS) is 13.1. The van der Waals surface area contributed by atoms with Crippen LogP contribution in [0.25, 0.3) is 0 Å². The van der Waals surface area contributed by atoms with Crippen LogP contribution in [-0.4, -0.2) is 7.05 Å². The molecule has 0 fully saturated rings. The maximum atomic E-state index is 12.6. The molecule has 5 heteroatoms. The van der Waals surface area contributed by atoms with Gasteiger partial charge in [-0.2, -0.15) is 13.2 Å². The number of rotatable bonds is 2. The van der Waals surface area contributed by atoms with Gasteiger partial charge in [0.25, 0.3) is 0 Å². The molecule has 1 atom stereocenters. The number of hydrogen-bond acceptors (Lipinski definition) is 1. The minimum atomic E-state index is -4.27. The second kappa shape index (κ2) is 5.55. The summed E-state index contributed by atoms with van der Waals surface area (Å²) < 4.78 is 37.7. The zero-order chi connectivity index (χ0) is 11.6. The van der Waals surface area contributed by atoms with E-state index in [1.165, 1.54) is 13.0 Å². The topological polar surface area (TPSA) is 12.0 Å². The molecule has 16 heavy (non-hydrogen) atoms. The van der Waals surface area contributed by atoms with E-state index in [1.54, 1.807) is 13.1 Å². The molecule has 0 radical (unpaired) electrons. The van der Waals surface area contributed by atoms with Crippen molar-refractivity contribution >= 4 is 12.4 Å². The number of alkyl halides is 3. The molecule has 0 amide bonds. The van der Waals surface area contributed by atoms with Crippen LogP contribution in [-0.2, 0) is 6.18 Å². The Hall–Kier alpha value is -0.740. The van der Waals surface area contributed by atoms with Crippen molar-refractivity contribution in [1.82, 2.24) is 5.32 Å². The molecule has 1 aromatic carbocycles. The summed E-state index contributed by atoms with van der Waals surface area (Å²) in [6.45, 7) is 3.34. The molecule has 0 bridgehead atoms. The lowest BCUT2D eigenvalue weighted by molar-refractivity contribution is -0.138. The van der Waals surface area contributed by atoms with Gasteiger partial charge in [0.2, 0.25) is 0 Å². The second-order valence-electron chi connectivity index (χ2n) is 3.53. The molecular weight excluding hydrogens is 239 g/mol. The standard InChI is InChI=1S/C11H14F3N.ClH/c1-7-9(8(2)15-3)5-4-6-10(7)11(12,13)14;/h4-6,8,15H,1-3H3;1H. The third-order valence-electron chi connectivity index (χ3n) is 2.58. The molecule has 0 heterocycles. The Bertz CT molecular complexity index is 350. The van der Waals surface area contributed by atoms with Crippen molar-refractivity contribution in [3.05, 3.63) is 34.9 Å². The second-order valence-corrected chi connectivity index (χ2v) is 3.53. The summed E-state index contributed by atoms with van der Waals surface area (Å²) in [5, 5.41) is 2.93. The van der Waals surface area contributed by atoms with Gasteiger partial charge in [0.1, 0.15) is 0 Å². The Labute approximate surface area is 99.5 Å². The van der Waals surface area contributed by atoms with Gasteiger partial charge in [-0.3, -0.25) is 0 Å². The Morgan fingerprint density at radius 2 is 1.81 bits per heavy atom. The fourth-order valence-electron chi connectivity index (χ4n) is 1.59. The van der Waals surface area contributed by atoms with Crippen molar-refractivity contribution in [3.8, 4) is 0 Å². The molecular formula is C11H15ClF3N. The van der Waals surface area contributed by atoms with Crippen LogP contribution in [0, 0.1) is 6.92 Å². The predicted molar refractivity (Wildman–Crippen MR) is 60.9 cm³/mol. The zero-order valence-corrected chi connectivity index (χ0v) is 10.2. The van der Waals surface area contributed by atoms with Crippen LogP contribution in [0.4, 0.5) is 13.2 Å². The molecule has 92 valence electrons. The minimum absolute atomic E-state index is 0. The summed E-state index contributed by atoms with van der Waals surface area (Å²) in [6.07, 6.45) is -4.27. The van der Waals surface area contributed by atoms with Gasteiger partial charge >= 0.3 is 6.18 Å². The lowest BCUT2D eigenvalue weighted by Gasteiger charge is -2.18. The van der Waals surface area contributed by atoms with Gasteiger partial charge in [0, 0.05) is 6.04 Å². The van der Waals surface area contributed by atoms with Crippen molar-refractivity contribution in [3.63, 3.8) is 0 Å². The largest absolute Gasteiger partial charge is 0.416 e. The Balaban J connectivity index is 0.00000225. The van der Waals surface area contributed by atoms with Crippen LogP contribution in [0.3, 0.4) is 0 Å². The van der Waals surface area contributed by atoms with Gasteiger partial charge in [-0.1, -0.05) is 12.1 Å². The van der Waals surface area contributed by atoms with Crippen molar-refractivity contribution in [2.24, 2.45) is 0 Å². The molecule has 0 aliphatic rings. The molecule has 1 aromatic rings. The van der Waals surface area contributed by atoms with E-state index < -0.39 is 11.7 Å². The first-order valence-corrected chi connectivity index (χ1v) is 4.72. The monoisotopic (exact) mass is 253 g/mol. The van der Waals surface area contributed by atoms with Crippen LogP contribution in [0.15, 0.2) is 18.2 Å². The summed E-state index contributed by atoms with van der Waals surface area (Å²) in [5.41, 5.74) is 0.432. The Kier molecular flexibility index (Phi) is 5.29. The van der Waals surface area contributed by atoms with Gasteiger partial charge in [-0.15, -0.1) is 12.4 Å². The number of halogens is 4. The van der Waals surface area contributed by atoms with E-state index in [2.05, 4.69) is 5.32 Å². The van der Waals surface area contributed by atoms with E-state index >= 15 is 0 Å². The highest BCUT2D eigenvalue weighted by atomic mass is 35.5. The van der Waals surface area contributed by atoms with E-state index in [4.69, 9.17) is 0 Å². The van der Waals surface area contributed by atoms with E-state index in [0.717, 1.165) is 6.07 Å².